The van der Waals surface area contributed by atoms with Crippen LogP contribution >= 0.6 is 0 Å². The largest absolute Gasteiger partial charge is 0.390 e. The first-order valence-corrected chi connectivity index (χ1v) is 8.04. The first kappa shape index (κ1) is 15.3. The van der Waals surface area contributed by atoms with E-state index in [9.17, 15) is 5.11 Å². The Morgan fingerprint density at radius 2 is 1.95 bits per heavy atom. The molecule has 2 aliphatic rings. The summed E-state index contributed by atoms with van der Waals surface area (Å²) in [7, 11) is 2.09. The number of nitrogens with zero attached hydrogens (tertiary/aromatic N) is 1. The van der Waals surface area contributed by atoms with Gasteiger partial charge >= 0.3 is 0 Å². The highest BCUT2D eigenvalue weighted by molar-refractivity contribution is 4.92. The molecule has 19 heavy (non-hydrogen) atoms. The van der Waals surface area contributed by atoms with Crippen LogP contribution in [0.4, 0.5) is 0 Å². The molecule has 1 heterocycles. The topological polar surface area (TPSA) is 35.5 Å². The van der Waals surface area contributed by atoms with E-state index in [1.165, 1.54) is 32.2 Å². The molecular formula is C16H32N2O. The van der Waals surface area contributed by atoms with Crippen molar-refractivity contribution < 1.29 is 5.11 Å². The van der Waals surface area contributed by atoms with Crippen LogP contribution in [0.3, 0.4) is 0 Å². The fourth-order valence-electron chi connectivity index (χ4n) is 4.17. The van der Waals surface area contributed by atoms with Gasteiger partial charge in [0.25, 0.3) is 0 Å². The summed E-state index contributed by atoms with van der Waals surface area (Å²) in [5.41, 5.74) is 0.0438. The van der Waals surface area contributed by atoms with Crippen LogP contribution in [0.1, 0.15) is 52.4 Å². The number of rotatable bonds is 4. The van der Waals surface area contributed by atoms with Crippen molar-refractivity contribution in [2.45, 2.75) is 58.0 Å². The van der Waals surface area contributed by atoms with Crippen LogP contribution in [0.2, 0.25) is 0 Å². The first-order chi connectivity index (χ1) is 8.95. The van der Waals surface area contributed by atoms with Crippen molar-refractivity contribution in [1.29, 1.82) is 0 Å². The van der Waals surface area contributed by atoms with Crippen LogP contribution in [0.25, 0.3) is 0 Å². The van der Waals surface area contributed by atoms with Gasteiger partial charge < -0.3 is 15.3 Å². The summed E-state index contributed by atoms with van der Waals surface area (Å²) in [6.07, 6.45) is 7.37. The van der Waals surface area contributed by atoms with Crippen LogP contribution in [0, 0.1) is 11.3 Å². The van der Waals surface area contributed by atoms with Gasteiger partial charge in [-0.3, -0.25) is 0 Å². The Kier molecular flexibility index (Phi) is 4.91. The number of piperidine rings is 1. The smallest absolute Gasteiger partial charge is 0.0644 e. The van der Waals surface area contributed by atoms with Gasteiger partial charge in [0, 0.05) is 26.2 Å². The average molecular weight is 268 g/mol. The lowest BCUT2D eigenvalue weighted by Gasteiger charge is -2.46. The number of hydrogen-bond donors (Lipinski definition) is 2. The van der Waals surface area contributed by atoms with E-state index in [1.807, 2.05) is 6.92 Å². The molecular weight excluding hydrogens is 236 g/mol. The molecule has 3 heteroatoms. The van der Waals surface area contributed by atoms with E-state index < -0.39 is 5.60 Å². The molecule has 0 aromatic carbocycles. The Morgan fingerprint density at radius 3 is 2.53 bits per heavy atom. The Hall–Kier alpha value is -0.120. The van der Waals surface area contributed by atoms with Crippen molar-refractivity contribution in [3.05, 3.63) is 0 Å². The zero-order chi connectivity index (χ0) is 13.9. The third-order valence-electron chi connectivity index (χ3n) is 5.23. The second-order valence-electron chi connectivity index (χ2n) is 7.50. The molecule has 2 rings (SSSR count). The molecule has 0 spiro atoms. The minimum absolute atomic E-state index is 0.424. The van der Waals surface area contributed by atoms with Gasteiger partial charge in [0.05, 0.1) is 5.60 Å². The number of likely N-dealkylation sites (tertiary alicyclic amines) is 1. The van der Waals surface area contributed by atoms with Gasteiger partial charge in [-0.25, -0.2) is 0 Å². The molecule has 0 amide bonds. The van der Waals surface area contributed by atoms with Crippen LogP contribution in [-0.2, 0) is 0 Å². The molecule has 0 aromatic rings. The molecule has 2 N–H and O–H groups in total. The van der Waals surface area contributed by atoms with Crippen molar-refractivity contribution in [2.24, 2.45) is 11.3 Å². The number of nitrogens with one attached hydrogen (secondary N) is 1. The fourth-order valence-corrected chi connectivity index (χ4v) is 4.17. The molecule has 2 atom stereocenters. The maximum Gasteiger partial charge on any atom is 0.0644 e. The Balaban J connectivity index is 1.93. The van der Waals surface area contributed by atoms with E-state index in [0.717, 1.165) is 38.4 Å². The van der Waals surface area contributed by atoms with Crippen LogP contribution < -0.4 is 5.32 Å². The molecule has 0 bridgehead atoms. The van der Waals surface area contributed by atoms with Crippen molar-refractivity contribution >= 4 is 0 Å². The third kappa shape index (κ3) is 4.17. The summed E-state index contributed by atoms with van der Waals surface area (Å²) in [4.78, 5) is 2.59. The molecule has 1 aliphatic carbocycles. The molecule has 0 radical (unpaired) electrons. The standard InChI is InChI=1S/C16H32N2O/c1-14-5-4-6-16(11-14,12-17-3)13-18-9-7-15(2,19)8-10-18/h14,17,19H,4-13H2,1-3H3. The van der Waals surface area contributed by atoms with Gasteiger partial charge in [0.2, 0.25) is 0 Å². The van der Waals surface area contributed by atoms with Crippen LogP contribution in [0.15, 0.2) is 0 Å². The van der Waals surface area contributed by atoms with Gasteiger partial charge in [-0.2, -0.15) is 0 Å². The third-order valence-corrected chi connectivity index (χ3v) is 5.23. The second kappa shape index (κ2) is 6.11. The summed E-state index contributed by atoms with van der Waals surface area (Å²) in [5.74, 6) is 0.870. The molecule has 112 valence electrons. The summed E-state index contributed by atoms with van der Waals surface area (Å²) >= 11 is 0. The Morgan fingerprint density at radius 1 is 1.26 bits per heavy atom. The Bertz CT molecular complexity index is 278. The van der Waals surface area contributed by atoms with E-state index in [4.69, 9.17) is 0 Å². The SMILES string of the molecule is CNCC1(CN2CCC(C)(O)CC2)CCCC(C)C1. The second-order valence-corrected chi connectivity index (χ2v) is 7.50. The molecule has 0 aromatic heterocycles. The van der Waals surface area contributed by atoms with Gasteiger partial charge in [-0.15, -0.1) is 0 Å². The van der Waals surface area contributed by atoms with E-state index in [-0.39, 0.29) is 0 Å². The molecule has 2 fully saturated rings. The predicted octanol–water partition coefficient (Wildman–Crippen LogP) is 2.25. The van der Waals surface area contributed by atoms with Crippen LogP contribution in [-0.4, -0.2) is 48.8 Å². The van der Waals surface area contributed by atoms with E-state index in [0.29, 0.717) is 5.41 Å². The molecule has 1 aliphatic heterocycles. The maximum atomic E-state index is 10.1. The quantitative estimate of drug-likeness (QED) is 0.821. The molecule has 3 nitrogen and oxygen atoms in total. The lowest BCUT2D eigenvalue weighted by Crippen LogP contribution is -2.50. The fraction of sp³-hybridized carbons (Fsp3) is 1.00. The minimum Gasteiger partial charge on any atom is -0.390 e. The zero-order valence-electron chi connectivity index (χ0n) is 13.0. The van der Waals surface area contributed by atoms with Gasteiger partial charge in [0.15, 0.2) is 0 Å². The van der Waals surface area contributed by atoms with E-state index in [1.54, 1.807) is 0 Å². The highest BCUT2D eigenvalue weighted by atomic mass is 16.3. The highest BCUT2D eigenvalue weighted by Crippen LogP contribution is 2.40. The molecule has 1 saturated carbocycles. The molecule has 1 saturated heterocycles. The normalized spacial score (nSPS) is 36.3. The summed E-state index contributed by atoms with van der Waals surface area (Å²) in [5, 5.41) is 13.5. The lowest BCUT2D eigenvalue weighted by atomic mass is 9.69. The lowest BCUT2D eigenvalue weighted by molar-refractivity contribution is -0.0222. The summed E-state index contributed by atoms with van der Waals surface area (Å²) < 4.78 is 0. The highest BCUT2D eigenvalue weighted by Gasteiger charge is 2.37. The molecule has 2 unspecified atom stereocenters. The maximum absolute atomic E-state index is 10.1. The summed E-state index contributed by atoms with van der Waals surface area (Å²) in [6.45, 7) is 8.87. The van der Waals surface area contributed by atoms with Crippen molar-refractivity contribution in [2.75, 3.05) is 33.2 Å². The van der Waals surface area contributed by atoms with Gasteiger partial charge in [-0.1, -0.05) is 19.8 Å². The van der Waals surface area contributed by atoms with Crippen molar-refractivity contribution in [1.82, 2.24) is 10.2 Å². The summed E-state index contributed by atoms with van der Waals surface area (Å²) in [6, 6.07) is 0. The van der Waals surface area contributed by atoms with Gasteiger partial charge in [0.1, 0.15) is 0 Å². The predicted molar refractivity (Wildman–Crippen MR) is 80.3 cm³/mol. The van der Waals surface area contributed by atoms with E-state index >= 15 is 0 Å². The van der Waals surface area contributed by atoms with E-state index in [2.05, 4.69) is 24.2 Å². The van der Waals surface area contributed by atoms with Crippen molar-refractivity contribution in [3.8, 4) is 0 Å². The Labute approximate surface area is 118 Å². The number of hydrogen-bond acceptors (Lipinski definition) is 3. The zero-order valence-corrected chi connectivity index (χ0v) is 13.0. The average Bonchev–Trinajstić information content (AvgIpc) is 2.32. The van der Waals surface area contributed by atoms with Crippen LogP contribution in [0.5, 0.6) is 0 Å². The van der Waals surface area contributed by atoms with Crippen molar-refractivity contribution in [3.63, 3.8) is 0 Å². The van der Waals surface area contributed by atoms with Gasteiger partial charge in [-0.05, 0) is 51.0 Å². The number of aliphatic hydroxyl groups is 1. The minimum atomic E-state index is -0.424. The monoisotopic (exact) mass is 268 g/mol. The first-order valence-electron chi connectivity index (χ1n) is 8.04.